The van der Waals surface area contributed by atoms with E-state index in [1.807, 2.05) is 44.2 Å². The molecule has 0 saturated heterocycles. The molecule has 3 rings (SSSR count). The second-order valence-corrected chi connectivity index (χ2v) is 8.55. The summed E-state index contributed by atoms with van der Waals surface area (Å²) in [4.78, 5) is 43.1. The Hall–Kier alpha value is -3.46. The summed E-state index contributed by atoms with van der Waals surface area (Å²) in [6.45, 7) is 4.68. The van der Waals surface area contributed by atoms with Gasteiger partial charge in [-0.25, -0.2) is 4.98 Å². The van der Waals surface area contributed by atoms with Crippen LogP contribution in [0.5, 0.6) is 0 Å². The summed E-state index contributed by atoms with van der Waals surface area (Å²) in [5, 5.41) is 7.68. The summed E-state index contributed by atoms with van der Waals surface area (Å²) in [6.07, 6.45) is 1.55. The summed E-state index contributed by atoms with van der Waals surface area (Å²) in [7, 11) is 0. The van der Waals surface area contributed by atoms with Gasteiger partial charge in [0.25, 0.3) is 5.91 Å². The standard InChI is InChI=1S/C23H26N4O4S/c1-16(2)13-27(22(30)19-9-6-10-31-19)14-21(29)26-23-25-18(15-32-23)11-20(28)24-12-17-7-4-3-5-8-17/h3-10,15-16H,11-14H2,1-2H3,(H,24,28)(H,25,26,29). The summed E-state index contributed by atoms with van der Waals surface area (Å²) in [5.74, 6) is -0.475. The average molecular weight is 455 g/mol. The van der Waals surface area contributed by atoms with Crippen LogP contribution in [0, 0.1) is 5.92 Å². The minimum absolute atomic E-state index is 0.121. The van der Waals surface area contributed by atoms with Gasteiger partial charge in [-0.3, -0.25) is 14.4 Å². The van der Waals surface area contributed by atoms with Crippen LogP contribution in [0.2, 0.25) is 0 Å². The number of carbonyl (C=O) groups excluding carboxylic acids is 3. The van der Waals surface area contributed by atoms with Crippen molar-refractivity contribution >= 4 is 34.2 Å². The normalized spacial score (nSPS) is 10.7. The SMILES string of the molecule is CC(C)CN(CC(=O)Nc1nc(CC(=O)NCc2ccccc2)cs1)C(=O)c1ccco1. The topological polar surface area (TPSA) is 105 Å². The van der Waals surface area contributed by atoms with Gasteiger partial charge in [0.2, 0.25) is 11.8 Å². The third-order valence-electron chi connectivity index (χ3n) is 4.41. The van der Waals surface area contributed by atoms with Gasteiger partial charge in [-0.15, -0.1) is 11.3 Å². The number of nitrogens with zero attached hydrogens (tertiary/aromatic N) is 2. The van der Waals surface area contributed by atoms with Crippen molar-refractivity contribution in [2.75, 3.05) is 18.4 Å². The minimum atomic E-state index is -0.361. The highest BCUT2D eigenvalue weighted by atomic mass is 32.1. The molecule has 168 valence electrons. The maximum atomic E-state index is 12.6. The fraction of sp³-hybridized carbons (Fsp3) is 0.304. The van der Waals surface area contributed by atoms with E-state index in [1.165, 1.54) is 22.5 Å². The minimum Gasteiger partial charge on any atom is -0.459 e. The van der Waals surface area contributed by atoms with E-state index in [9.17, 15) is 14.4 Å². The molecule has 0 atom stereocenters. The molecule has 8 nitrogen and oxygen atoms in total. The quantitative estimate of drug-likeness (QED) is 0.489. The lowest BCUT2D eigenvalue weighted by Crippen LogP contribution is -2.40. The van der Waals surface area contributed by atoms with Crippen molar-refractivity contribution in [1.29, 1.82) is 0 Å². The fourth-order valence-electron chi connectivity index (χ4n) is 3.02. The number of anilines is 1. The maximum absolute atomic E-state index is 12.6. The molecule has 3 aromatic rings. The fourth-order valence-corrected chi connectivity index (χ4v) is 3.74. The Labute approximate surface area is 190 Å². The molecule has 0 saturated carbocycles. The van der Waals surface area contributed by atoms with Crippen molar-refractivity contribution < 1.29 is 18.8 Å². The molecule has 2 N–H and O–H groups in total. The number of aromatic nitrogens is 1. The van der Waals surface area contributed by atoms with Gasteiger partial charge >= 0.3 is 0 Å². The van der Waals surface area contributed by atoms with Crippen molar-refractivity contribution in [2.45, 2.75) is 26.8 Å². The van der Waals surface area contributed by atoms with Crippen LogP contribution >= 0.6 is 11.3 Å². The van der Waals surface area contributed by atoms with E-state index in [-0.39, 0.29) is 42.4 Å². The Morgan fingerprint density at radius 2 is 1.88 bits per heavy atom. The zero-order valence-electron chi connectivity index (χ0n) is 18.0. The molecule has 0 bridgehead atoms. The van der Waals surface area contributed by atoms with Crippen LogP contribution in [0.4, 0.5) is 5.13 Å². The maximum Gasteiger partial charge on any atom is 0.290 e. The van der Waals surface area contributed by atoms with Crippen molar-refractivity contribution in [1.82, 2.24) is 15.2 Å². The number of benzene rings is 1. The molecule has 0 aliphatic rings. The largest absolute Gasteiger partial charge is 0.459 e. The molecule has 2 aromatic heterocycles. The van der Waals surface area contributed by atoms with E-state index in [0.717, 1.165) is 5.56 Å². The lowest BCUT2D eigenvalue weighted by molar-refractivity contribution is -0.120. The van der Waals surface area contributed by atoms with Crippen LogP contribution in [-0.2, 0) is 22.6 Å². The molecule has 2 heterocycles. The van der Waals surface area contributed by atoms with E-state index in [4.69, 9.17) is 4.42 Å². The molecular formula is C23H26N4O4S. The first-order chi connectivity index (χ1) is 15.4. The lowest BCUT2D eigenvalue weighted by atomic mass is 10.2. The zero-order valence-corrected chi connectivity index (χ0v) is 18.9. The predicted molar refractivity (Wildman–Crippen MR) is 122 cm³/mol. The van der Waals surface area contributed by atoms with Crippen molar-refractivity contribution in [2.24, 2.45) is 5.92 Å². The molecule has 32 heavy (non-hydrogen) atoms. The number of amides is 3. The highest BCUT2D eigenvalue weighted by Gasteiger charge is 2.22. The zero-order chi connectivity index (χ0) is 22.9. The van der Waals surface area contributed by atoms with Crippen LogP contribution in [0.3, 0.4) is 0 Å². The molecule has 0 unspecified atom stereocenters. The predicted octanol–water partition coefficient (Wildman–Crippen LogP) is 3.33. The van der Waals surface area contributed by atoms with Gasteiger partial charge in [-0.05, 0) is 23.6 Å². The average Bonchev–Trinajstić information content (AvgIpc) is 3.44. The third kappa shape index (κ3) is 7.05. The third-order valence-corrected chi connectivity index (χ3v) is 5.22. The van der Waals surface area contributed by atoms with Crippen molar-refractivity contribution in [3.8, 4) is 0 Å². The first-order valence-electron chi connectivity index (χ1n) is 10.3. The Morgan fingerprint density at radius 3 is 2.56 bits per heavy atom. The lowest BCUT2D eigenvalue weighted by Gasteiger charge is -2.22. The number of nitrogens with one attached hydrogen (secondary N) is 2. The van der Waals surface area contributed by atoms with Gasteiger partial charge < -0.3 is 20.0 Å². The highest BCUT2D eigenvalue weighted by Crippen LogP contribution is 2.16. The number of furan rings is 1. The van der Waals surface area contributed by atoms with E-state index in [2.05, 4.69) is 15.6 Å². The molecule has 0 radical (unpaired) electrons. The first kappa shape index (κ1) is 23.2. The second kappa shape index (κ2) is 11.2. The van der Waals surface area contributed by atoms with Crippen molar-refractivity contribution in [3.05, 3.63) is 71.1 Å². The number of rotatable bonds is 10. The summed E-state index contributed by atoms with van der Waals surface area (Å²) in [6, 6.07) is 12.8. The first-order valence-corrected chi connectivity index (χ1v) is 11.2. The molecule has 3 amide bonds. The molecule has 0 aliphatic heterocycles. The Morgan fingerprint density at radius 1 is 1.09 bits per heavy atom. The monoisotopic (exact) mass is 454 g/mol. The number of thiazole rings is 1. The van der Waals surface area contributed by atoms with E-state index >= 15 is 0 Å². The summed E-state index contributed by atoms with van der Waals surface area (Å²) < 4.78 is 5.17. The number of hydrogen-bond acceptors (Lipinski definition) is 6. The van der Waals surface area contributed by atoms with E-state index in [0.29, 0.717) is 23.9 Å². The van der Waals surface area contributed by atoms with E-state index < -0.39 is 0 Å². The summed E-state index contributed by atoms with van der Waals surface area (Å²) >= 11 is 1.24. The van der Waals surface area contributed by atoms with Gasteiger partial charge in [0.1, 0.15) is 6.54 Å². The second-order valence-electron chi connectivity index (χ2n) is 7.69. The Balaban J connectivity index is 1.51. The van der Waals surface area contributed by atoms with E-state index in [1.54, 1.807) is 17.5 Å². The Bertz CT molecular complexity index is 1030. The number of carbonyl (C=O) groups is 3. The van der Waals surface area contributed by atoms with Gasteiger partial charge in [0.15, 0.2) is 10.9 Å². The van der Waals surface area contributed by atoms with Crippen molar-refractivity contribution in [3.63, 3.8) is 0 Å². The smallest absolute Gasteiger partial charge is 0.290 e. The van der Waals surface area contributed by atoms with Crippen LogP contribution in [0.1, 0.15) is 35.7 Å². The summed E-state index contributed by atoms with van der Waals surface area (Å²) in [5.41, 5.74) is 1.59. The van der Waals surface area contributed by atoms with Crippen LogP contribution in [0.25, 0.3) is 0 Å². The molecular weight excluding hydrogens is 428 g/mol. The van der Waals surface area contributed by atoms with Gasteiger partial charge in [-0.2, -0.15) is 0 Å². The highest BCUT2D eigenvalue weighted by molar-refractivity contribution is 7.13. The number of hydrogen-bond donors (Lipinski definition) is 2. The molecule has 9 heteroatoms. The molecule has 0 aliphatic carbocycles. The van der Waals surface area contributed by atoms with Crippen LogP contribution in [-0.4, -0.2) is 40.7 Å². The van der Waals surface area contributed by atoms with Crippen LogP contribution < -0.4 is 10.6 Å². The van der Waals surface area contributed by atoms with Gasteiger partial charge in [0, 0.05) is 18.5 Å². The van der Waals surface area contributed by atoms with Gasteiger partial charge in [-0.1, -0.05) is 44.2 Å². The van der Waals surface area contributed by atoms with Gasteiger partial charge in [0.05, 0.1) is 18.4 Å². The van der Waals surface area contributed by atoms with Crippen LogP contribution in [0.15, 0.2) is 58.5 Å². The molecule has 0 spiro atoms. The molecule has 1 aromatic carbocycles. The molecule has 0 fully saturated rings. The Kier molecular flexibility index (Phi) is 8.15.